The minimum Gasteiger partial charge on any atom is -0.274 e. The Balaban J connectivity index is 1.72. The molecule has 2 bridgehead atoms. The number of carbonyl (C=O) groups excluding carboxylic acids is 2. The quantitative estimate of drug-likeness (QED) is 0.360. The van der Waals surface area contributed by atoms with Crippen LogP contribution in [0.4, 0.5) is 15.8 Å². The van der Waals surface area contributed by atoms with E-state index in [2.05, 4.69) is 0 Å². The predicted molar refractivity (Wildman–Crippen MR) is 90.8 cm³/mol. The van der Waals surface area contributed by atoms with Crippen molar-refractivity contribution in [2.75, 3.05) is 4.90 Å². The summed E-state index contributed by atoms with van der Waals surface area (Å²) in [4.78, 5) is 37.5. The number of fused-ring (bicyclic) bond motifs is 6. The number of hydrogen-bond acceptors (Lipinski definition) is 4. The Kier molecular flexibility index (Phi) is 2.90. The van der Waals surface area contributed by atoms with E-state index >= 15 is 0 Å². The van der Waals surface area contributed by atoms with Gasteiger partial charge in [-0.25, -0.2) is 4.90 Å². The van der Waals surface area contributed by atoms with Gasteiger partial charge in [-0.2, -0.15) is 4.39 Å². The molecule has 2 fully saturated rings. The van der Waals surface area contributed by atoms with Crippen molar-refractivity contribution in [2.45, 2.75) is 6.42 Å². The number of benzene rings is 2. The van der Waals surface area contributed by atoms with Gasteiger partial charge in [0, 0.05) is 11.5 Å². The monoisotopic (exact) mass is 352 g/mol. The normalized spacial score (nSPS) is 29.0. The van der Waals surface area contributed by atoms with E-state index in [0.717, 1.165) is 17.4 Å². The van der Waals surface area contributed by atoms with Crippen LogP contribution in [0.3, 0.4) is 0 Å². The summed E-state index contributed by atoms with van der Waals surface area (Å²) < 4.78 is 14.5. The summed E-state index contributed by atoms with van der Waals surface area (Å²) in [6, 6.07) is 7.14. The second kappa shape index (κ2) is 4.97. The minimum absolute atomic E-state index is 0.0422. The first-order chi connectivity index (χ1) is 12.5. The number of amides is 2. The molecule has 2 aliphatic carbocycles. The number of nitrogens with zero attached hydrogens (tertiary/aromatic N) is 2. The summed E-state index contributed by atoms with van der Waals surface area (Å²) in [5.74, 6) is -2.46. The van der Waals surface area contributed by atoms with E-state index in [-0.39, 0.29) is 34.7 Å². The van der Waals surface area contributed by atoms with Gasteiger partial charge in [0.25, 0.3) is 0 Å². The molecule has 130 valence electrons. The van der Waals surface area contributed by atoms with Gasteiger partial charge >= 0.3 is 5.69 Å². The highest BCUT2D eigenvalue weighted by atomic mass is 19.1. The van der Waals surface area contributed by atoms with Gasteiger partial charge in [0.2, 0.25) is 17.6 Å². The molecule has 1 saturated heterocycles. The molecule has 0 radical (unpaired) electrons. The van der Waals surface area contributed by atoms with E-state index < -0.39 is 28.3 Å². The first-order valence-electron chi connectivity index (χ1n) is 8.41. The molecule has 1 aliphatic heterocycles. The van der Waals surface area contributed by atoms with Crippen LogP contribution in [0.5, 0.6) is 0 Å². The molecule has 0 unspecified atom stereocenters. The van der Waals surface area contributed by atoms with E-state index in [9.17, 15) is 24.1 Å². The first-order valence-corrected chi connectivity index (χ1v) is 8.41. The van der Waals surface area contributed by atoms with Crippen molar-refractivity contribution in [3.05, 3.63) is 58.4 Å². The van der Waals surface area contributed by atoms with Crippen LogP contribution in [0.15, 0.2) is 42.5 Å². The van der Waals surface area contributed by atoms with Crippen LogP contribution in [-0.2, 0) is 9.59 Å². The zero-order valence-electron chi connectivity index (χ0n) is 13.5. The van der Waals surface area contributed by atoms with Crippen LogP contribution in [-0.4, -0.2) is 16.7 Å². The zero-order chi connectivity index (χ0) is 18.2. The Morgan fingerprint density at radius 3 is 2.19 bits per heavy atom. The Labute approximate surface area is 147 Å². The molecule has 5 rings (SSSR count). The van der Waals surface area contributed by atoms with Crippen LogP contribution < -0.4 is 4.90 Å². The van der Waals surface area contributed by atoms with Crippen molar-refractivity contribution in [1.29, 1.82) is 0 Å². The van der Waals surface area contributed by atoms with Gasteiger partial charge in [-0.05, 0) is 24.3 Å². The van der Waals surface area contributed by atoms with Crippen LogP contribution >= 0.6 is 0 Å². The number of carbonyl (C=O) groups is 2. The highest BCUT2D eigenvalue weighted by Crippen LogP contribution is 2.54. The number of allylic oxidation sites excluding steroid dienone is 2. The van der Waals surface area contributed by atoms with E-state index in [1.165, 1.54) is 6.07 Å². The Morgan fingerprint density at radius 1 is 1.04 bits per heavy atom. The summed E-state index contributed by atoms with van der Waals surface area (Å²) in [6.07, 6.45) is 4.76. The Bertz CT molecular complexity index is 1020. The number of imide groups is 1. The molecule has 2 aromatic rings. The van der Waals surface area contributed by atoms with Crippen molar-refractivity contribution in [2.24, 2.45) is 23.7 Å². The smallest absolute Gasteiger partial charge is 0.274 e. The minimum atomic E-state index is -1.05. The van der Waals surface area contributed by atoms with Crippen LogP contribution in [0, 0.1) is 39.6 Å². The van der Waals surface area contributed by atoms with E-state index in [1.807, 2.05) is 12.2 Å². The average molecular weight is 352 g/mol. The van der Waals surface area contributed by atoms with Crippen LogP contribution in [0.1, 0.15) is 6.42 Å². The van der Waals surface area contributed by atoms with Gasteiger partial charge in [0.05, 0.1) is 27.8 Å². The highest BCUT2D eigenvalue weighted by molar-refractivity contribution is 6.26. The second-order valence-electron chi connectivity index (χ2n) is 7.04. The van der Waals surface area contributed by atoms with Gasteiger partial charge in [0.15, 0.2) is 0 Å². The maximum absolute atomic E-state index is 14.5. The SMILES string of the molecule is O=C1[C@@H]2[C@H](C(=O)N1c1cc(F)c([N+](=O)[O-])c3ccccc13)[C@H]1C=C[C@@H]2C1. The molecular weight excluding hydrogens is 339 g/mol. The molecule has 3 aliphatic rings. The van der Waals surface area contributed by atoms with Crippen LogP contribution in [0.2, 0.25) is 0 Å². The topological polar surface area (TPSA) is 80.5 Å². The Morgan fingerprint density at radius 2 is 1.62 bits per heavy atom. The fraction of sp³-hybridized carbons (Fsp3) is 0.263. The molecule has 2 amide bonds. The summed E-state index contributed by atoms with van der Waals surface area (Å²) in [5.41, 5.74) is -0.558. The van der Waals surface area contributed by atoms with Crippen molar-refractivity contribution >= 4 is 34.0 Å². The number of nitro groups is 1. The van der Waals surface area contributed by atoms with E-state index in [4.69, 9.17) is 0 Å². The van der Waals surface area contributed by atoms with Gasteiger partial charge in [-0.3, -0.25) is 19.7 Å². The summed E-state index contributed by atoms with van der Waals surface area (Å²) in [7, 11) is 0. The third kappa shape index (κ3) is 1.75. The summed E-state index contributed by atoms with van der Waals surface area (Å²) >= 11 is 0. The Hall–Kier alpha value is -3.09. The predicted octanol–water partition coefficient (Wildman–Crippen LogP) is 3.20. The van der Waals surface area contributed by atoms with E-state index in [0.29, 0.717) is 5.39 Å². The van der Waals surface area contributed by atoms with E-state index in [1.54, 1.807) is 18.2 Å². The number of halogens is 1. The summed E-state index contributed by atoms with van der Waals surface area (Å²) in [5, 5.41) is 11.7. The molecule has 26 heavy (non-hydrogen) atoms. The lowest BCUT2D eigenvalue weighted by atomic mass is 9.85. The third-order valence-corrected chi connectivity index (χ3v) is 5.84. The van der Waals surface area contributed by atoms with Crippen molar-refractivity contribution < 1.29 is 18.9 Å². The number of hydrogen-bond donors (Lipinski definition) is 0. The molecule has 1 heterocycles. The average Bonchev–Trinajstić information content (AvgIpc) is 3.28. The maximum Gasteiger partial charge on any atom is 0.312 e. The van der Waals surface area contributed by atoms with Gasteiger partial charge < -0.3 is 0 Å². The molecule has 4 atom stereocenters. The zero-order valence-corrected chi connectivity index (χ0v) is 13.5. The van der Waals surface area contributed by atoms with Gasteiger partial charge in [-0.15, -0.1) is 0 Å². The van der Waals surface area contributed by atoms with Crippen LogP contribution in [0.25, 0.3) is 10.8 Å². The number of rotatable bonds is 2. The number of nitro benzene ring substituents is 1. The maximum atomic E-state index is 14.5. The summed E-state index contributed by atoms with van der Waals surface area (Å²) in [6.45, 7) is 0. The molecular formula is C19H13FN2O4. The van der Waals surface area contributed by atoms with Gasteiger partial charge in [0.1, 0.15) is 0 Å². The molecule has 0 N–H and O–H groups in total. The molecule has 0 aromatic heterocycles. The molecule has 1 saturated carbocycles. The van der Waals surface area contributed by atoms with Crippen molar-refractivity contribution in [3.8, 4) is 0 Å². The largest absolute Gasteiger partial charge is 0.312 e. The third-order valence-electron chi connectivity index (χ3n) is 5.84. The highest BCUT2D eigenvalue weighted by Gasteiger charge is 2.59. The van der Waals surface area contributed by atoms with Gasteiger partial charge in [-0.1, -0.05) is 30.4 Å². The second-order valence-corrected chi connectivity index (χ2v) is 7.04. The standard InChI is InChI=1S/C19H13FN2O4/c20-13-8-14(11-3-1-2-4-12(11)17(13)22(25)26)21-18(23)15-9-5-6-10(7-9)16(15)19(21)24/h1-6,8-10,15-16H,7H2/t9-,10+,15+,16-. The molecule has 6 nitrogen and oxygen atoms in total. The van der Waals surface area contributed by atoms with Crippen molar-refractivity contribution in [1.82, 2.24) is 0 Å². The fourth-order valence-corrected chi connectivity index (χ4v) is 4.82. The first kappa shape index (κ1) is 15.2. The lowest BCUT2D eigenvalue weighted by molar-refractivity contribution is -0.385. The van der Waals surface area contributed by atoms with Crippen molar-refractivity contribution in [3.63, 3.8) is 0 Å². The molecule has 0 spiro atoms. The lowest BCUT2D eigenvalue weighted by Crippen LogP contribution is -2.33. The number of anilines is 1. The lowest BCUT2D eigenvalue weighted by Gasteiger charge is -2.19. The fourth-order valence-electron chi connectivity index (χ4n) is 4.82. The molecule has 7 heteroatoms. The molecule has 2 aromatic carbocycles.